The summed E-state index contributed by atoms with van der Waals surface area (Å²) in [6.07, 6.45) is 11.8. The normalized spacial score (nSPS) is 15.3. The maximum atomic E-state index is 15.1. The van der Waals surface area contributed by atoms with Crippen molar-refractivity contribution in [2.75, 3.05) is 32.6 Å². The van der Waals surface area contributed by atoms with E-state index < -0.39 is 64.6 Å². The molecule has 1 aliphatic carbocycles. The zero-order chi connectivity index (χ0) is 65.4. The highest BCUT2D eigenvalue weighted by Gasteiger charge is 2.44. The van der Waals surface area contributed by atoms with Gasteiger partial charge in [-0.3, -0.25) is 28.9 Å². The fraction of sp³-hybridized carbons (Fsp3) is 0.478. The molecule has 1 unspecified atom stereocenters. The summed E-state index contributed by atoms with van der Waals surface area (Å²) in [5.74, 6) is -1.30. The molecule has 0 spiro atoms. The highest BCUT2D eigenvalue weighted by Crippen LogP contribution is 2.34. The number of nitrogens with one attached hydrogen (secondary N) is 4. The number of unbranched alkanes of at least 4 members (excludes halogenated alkanes) is 5. The predicted molar refractivity (Wildman–Crippen MR) is 342 cm³/mol. The molecule has 2 aromatic heterocycles. The molecule has 91 heavy (non-hydrogen) atoms. The minimum atomic E-state index is -1.05. The monoisotopic (exact) mass is 1250 g/mol. The number of benzene rings is 4. The lowest BCUT2D eigenvalue weighted by molar-refractivity contribution is -0.147. The quantitative estimate of drug-likeness (QED) is 0.0352. The van der Waals surface area contributed by atoms with Crippen LogP contribution in [-0.2, 0) is 62.9 Å². The molecule has 4 aromatic carbocycles. The number of ether oxygens (including phenoxy) is 2. The van der Waals surface area contributed by atoms with Crippen LogP contribution in [0.2, 0.25) is 0 Å². The van der Waals surface area contributed by atoms with Crippen molar-refractivity contribution in [3.05, 3.63) is 154 Å². The number of halogens is 2. The fourth-order valence-electron chi connectivity index (χ4n) is 11.3. The highest BCUT2D eigenvalue weighted by atomic mass is 19.1. The van der Waals surface area contributed by atoms with Crippen LogP contribution < -0.4 is 26.0 Å². The number of carbonyl (C=O) groups is 6. The Labute approximate surface area is 532 Å². The van der Waals surface area contributed by atoms with E-state index in [4.69, 9.17) is 9.47 Å². The standard InChI is InChI=1S/C69H88F2N12O8/c1-45(81(9)67(89)91-69(5,6)7)63(85)77-61(68(2,3)4)66(88)83-43-49-39-51(32-31-47(49)40-58(83)65(87)76-56-29-19-23-46-22-15-16-26-52(46)56)90-37-17-13-11-10-12-14-30-60(84)80(8)35-21-36-82-59(78-79-62(82)57-33-34-72-44-75-57)42-73-50-25-18-24-48(38-50)64(86)74-41-53-54(70)27-20-28-55(53)71/h15-16,18,20,22,24-28,31-34,38-39,44-45,56,58,61,73H,10-14,17,19,21,23,29-30,35-37,40-43H2,1-9H3,(H,74,86)(H,76,87)(H,77,85)/t45-,56+,58?,61+/m0/s1. The van der Waals surface area contributed by atoms with Gasteiger partial charge in [0.25, 0.3) is 5.91 Å². The largest absolute Gasteiger partial charge is 0.494 e. The molecule has 22 heteroatoms. The lowest BCUT2D eigenvalue weighted by Crippen LogP contribution is -2.62. The first-order valence-electron chi connectivity index (χ1n) is 31.6. The number of rotatable bonds is 27. The predicted octanol–water partition coefficient (Wildman–Crippen LogP) is 10.4. The van der Waals surface area contributed by atoms with E-state index in [1.807, 2.05) is 62.7 Å². The molecule has 1 aliphatic heterocycles. The zero-order valence-corrected chi connectivity index (χ0v) is 54.0. The van der Waals surface area contributed by atoms with Gasteiger partial charge in [0, 0.05) is 76.1 Å². The van der Waals surface area contributed by atoms with Gasteiger partial charge in [-0.25, -0.2) is 23.5 Å². The molecule has 4 atom stereocenters. The number of fused-ring (bicyclic) bond motifs is 2. The second kappa shape index (κ2) is 31.3. The zero-order valence-electron chi connectivity index (χ0n) is 54.0. The Morgan fingerprint density at radius 3 is 2.26 bits per heavy atom. The minimum absolute atomic E-state index is 0.0653. The van der Waals surface area contributed by atoms with Crippen LogP contribution in [0.4, 0.5) is 19.3 Å². The number of hydrogen-bond acceptors (Lipinski definition) is 13. The summed E-state index contributed by atoms with van der Waals surface area (Å²) in [4.78, 5) is 95.9. The molecule has 2 aliphatic rings. The maximum Gasteiger partial charge on any atom is 0.410 e. The number of anilines is 1. The number of amides is 6. The van der Waals surface area contributed by atoms with E-state index in [1.54, 1.807) is 74.0 Å². The third kappa shape index (κ3) is 18.7. The van der Waals surface area contributed by atoms with Crippen LogP contribution in [0.5, 0.6) is 5.75 Å². The van der Waals surface area contributed by atoms with Crippen LogP contribution >= 0.6 is 0 Å². The molecular formula is C69H88F2N12O8. The molecule has 0 saturated carbocycles. The van der Waals surface area contributed by atoms with Crippen molar-refractivity contribution in [3.8, 4) is 17.3 Å². The molecule has 20 nitrogen and oxygen atoms in total. The van der Waals surface area contributed by atoms with Gasteiger partial charge < -0.3 is 45.1 Å². The Kier molecular flexibility index (Phi) is 23.4. The van der Waals surface area contributed by atoms with E-state index in [9.17, 15) is 32.8 Å². The topological polar surface area (TPSA) is 235 Å². The number of nitrogens with zero attached hydrogens (tertiary/aromatic N) is 8. The fourth-order valence-corrected chi connectivity index (χ4v) is 11.3. The molecule has 8 rings (SSSR count). The minimum Gasteiger partial charge on any atom is -0.494 e. The van der Waals surface area contributed by atoms with Gasteiger partial charge in [-0.15, -0.1) is 10.2 Å². The first-order valence-corrected chi connectivity index (χ1v) is 31.6. The van der Waals surface area contributed by atoms with Crippen LogP contribution in [0.25, 0.3) is 11.5 Å². The molecule has 0 saturated heterocycles. The average molecular weight is 1250 g/mol. The summed E-state index contributed by atoms with van der Waals surface area (Å²) in [5.41, 5.74) is 3.79. The van der Waals surface area contributed by atoms with Crippen molar-refractivity contribution in [2.45, 2.75) is 181 Å². The number of likely N-dealkylation sites (N-methyl/N-ethyl adjacent to an activating group) is 1. The third-order valence-corrected chi connectivity index (χ3v) is 16.7. The van der Waals surface area contributed by atoms with Crippen LogP contribution in [0.15, 0.2) is 104 Å². The molecule has 0 radical (unpaired) electrons. The van der Waals surface area contributed by atoms with E-state index in [-0.39, 0.29) is 49.5 Å². The number of aromatic nitrogens is 5. The van der Waals surface area contributed by atoms with Crippen molar-refractivity contribution in [2.24, 2.45) is 5.41 Å². The molecule has 4 N–H and O–H groups in total. The van der Waals surface area contributed by atoms with E-state index in [0.717, 1.165) is 86.6 Å². The summed E-state index contributed by atoms with van der Waals surface area (Å²) in [6.45, 7) is 13.9. The molecule has 0 fully saturated rings. The summed E-state index contributed by atoms with van der Waals surface area (Å²) >= 11 is 0. The SMILES string of the molecule is C[C@@H](C(=O)N[C@H](C(=O)N1Cc2cc(OCCCCCCCCC(=O)N(C)CCCn3c(CNc4cccc(C(=O)NCc5c(F)cccc5F)c4)nnc3-c3ccncn3)ccc2CC1C(=O)N[C@@H]1CCCc2ccccc21)C(C)(C)C)N(C)C(=O)OC(C)(C)C. The van der Waals surface area contributed by atoms with Crippen molar-refractivity contribution in [3.63, 3.8) is 0 Å². The van der Waals surface area contributed by atoms with Crippen LogP contribution in [-0.4, -0.2) is 126 Å². The molecule has 486 valence electrons. The first-order chi connectivity index (χ1) is 43.4. The third-order valence-electron chi connectivity index (χ3n) is 16.7. The number of hydrogen-bond donors (Lipinski definition) is 4. The smallest absolute Gasteiger partial charge is 0.410 e. The molecule has 0 bridgehead atoms. The van der Waals surface area contributed by atoms with Gasteiger partial charge in [-0.1, -0.05) is 88.9 Å². The van der Waals surface area contributed by atoms with Gasteiger partial charge in [0.15, 0.2) is 11.6 Å². The molecule has 6 aromatic rings. The molecule has 6 amide bonds. The summed E-state index contributed by atoms with van der Waals surface area (Å²) in [6, 6.07) is 22.9. The maximum absolute atomic E-state index is 15.1. The molecular weight excluding hydrogens is 1160 g/mol. The van der Waals surface area contributed by atoms with Gasteiger partial charge in [0.1, 0.15) is 53.1 Å². The Morgan fingerprint density at radius 2 is 1.53 bits per heavy atom. The van der Waals surface area contributed by atoms with Crippen molar-refractivity contribution in [1.29, 1.82) is 0 Å². The second-order valence-corrected chi connectivity index (χ2v) is 25.7. The Balaban J connectivity index is 0.793. The van der Waals surface area contributed by atoms with E-state index in [1.165, 1.54) is 29.9 Å². The summed E-state index contributed by atoms with van der Waals surface area (Å²) in [5, 5.41) is 21.1. The van der Waals surface area contributed by atoms with Gasteiger partial charge in [0.2, 0.25) is 23.6 Å². The Bertz CT molecular complexity index is 3480. The summed E-state index contributed by atoms with van der Waals surface area (Å²) < 4.78 is 42.1. The van der Waals surface area contributed by atoms with Crippen LogP contribution in [0.3, 0.4) is 0 Å². The second-order valence-electron chi connectivity index (χ2n) is 25.7. The van der Waals surface area contributed by atoms with Gasteiger partial charge >= 0.3 is 6.09 Å². The first kappa shape index (κ1) is 68.1. The number of aryl methyl sites for hydroxylation is 1. The van der Waals surface area contributed by atoms with Crippen molar-refractivity contribution >= 4 is 41.3 Å². The van der Waals surface area contributed by atoms with Gasteiger partial charge in [-0.2, -0.15) is 0 Å². The lowest BCUT2D eigenvalue weighted by atomic mass is 9.83. The van der Waals surface area contributed by atoms with E-state index >= 15 is 4.79 Å². The van der Waals surface area contributed by atoms with Gasteiger partial charge in [-0.05, 0) is 142 Å². The lowest BCUT2D eigenvalue weighted by Gasteiger charge is -2.42. The highest BCUT2D eigenvalue weighted by molar-refractivity contribution is 5.96. The number of carbonyl (C=O) groups excluding carboxylic acids is 6. The summed E-state index contributed by atoms with van der Waals surface area (Å²) in [7, 11) is 3.30. The van der Waals surface area contributed by atoms with Crippen molar-refractivity contribution < 1.29 is 47.0 Å². The van der Waals surface area contributed by atoms with Crippen LogP contribution in [0.1, 0.15) is 163 Å². The Hall–Kier alpha value is -8.82. The molecule has 3 heterocycles. The van der Waals surface area contributed by atoms with E-state index in [2.05, 4.69) is 53.6 Å². The van der Waals surface area contributed by atoms with Crippen molar-refractivity contribution in [1.82, 2.24) is 55.4 Å². The van der Waals surface area contributed by atoms with Gasteiger partial charge in [0.05, 0.1) is 19.2 Å². The Morgan fingerprint density at radius 1 is 0.791 bits per heavy atom. The average Bonchev–Trinajstić information content (AvgIpc) is 1.40. The van der Waals surface area contributed by atoms with Crippen LogP contribution in [0, 0.1) is 17.0 Å². The van der Waals surface area contributed by atoms with E-state index in [0.29, 0.717) is 66.9 Å².